The van der Waals surface area contributed by atoms with Crippen molar-refractivity contribution in [1.29, 1.82) is 0 Å². The van der Waals surface area contributed by atoms with Gasteiger partial charge in [0.05, 0.1) is 12.1 Å². The first kappa shape index (κ1) is 14.2. The third kappa shape index (κ3) is 3.87. The van der Waals surface area contributed by atoms with Crippen molar-refractivity contribution in [3.63, 3.8) is 0 Å². The molecule has 6 heteroatoms. The highest BCUT2D eigenvalue weighted by Crippen LogP contribution is 2.06. The molecule has 1 aromatic heterocycles. The second-order valence-corrected chi connectivity index (χ2v) is 4.35. The van der Waals surface area contributed by atoms with Crippen molar-refractivity contribution in [2.45, 2.75) is 39.2 Å². The average molecular weight is 253 g/mol. The number of aliphatic carboxylic acids is 1. The van der Waals surface area contributed by atoms with E-state index in [2.05, 4.69) is 10.4 Å². The summed E-state index contributed by atoms with van der Waals surface area (Å²) in [5.41, 5.74) is 1.20. The van der Waals surface area contributed by atoms with Crippen molar-refractivity contribution in [1.82, 2.24) is 15.1 Å². The largest absolute Gasteiger partial charge is 0.481 e. The molecule has 1 atom stereocenters. The minimum atomic E-state index is -0.907. The molecule has 1 unspecified atom stereocenters. The first-order valence-corrected chi connectivity index (χ1v) is 5.97. The normalized spacial score (nSPS) is 12.2. The Hall–Kier alpha value is -1.85. The maximum atomic E-state index is 12.0. The van der Waals surface area contributed by atoms with Crippen LogP contribution < -0.4 is 5.32 Å². The first-order chi connectivity index (χ1) is 8.43. The van der Waals surface area contributed by atoms with E-state index in [0.29, 0.717) is 12.1 Å². The molecule has 0 radical (unpaired) electrons. The molecule has 0 aliphatic carbocycles. The zero-order valence-corrected chi connectivity index (χ0v) is 10.9. The van der Waals surface area contributed by atoms with Crippen LogP contribution >= 0.6 is 0 Å². The van der Waals surface area contributed by atoms with Gasteiger partial charge >= 0.3 is 5.97 Å². The number of rotatable bonds is 6. The Morgan fingerprint density at radius 1 is 1.56 bits per heavy atom. The Morgan fingerprint density at radius 3 is 2.67 bits per heavy atom. The monoisotopic (exact) mass is 253 g/mol. The predicted octanol–water partition coefficient (Wildman–Crippen LogP) is 1.10. The Kier molecular flexibility index (Phi) is 4.88. The number of hydrogen-bond acceptors (Lipinski definition) is 3. The molecular formula is C12H19N3O3. The average Bonchev–Trinajstić information content (AvgIpc) is 2.57. The molecule has 1 amide bonds. The number of carboxylic acid groups (broad SMARTS) is 1. The number of carbonyl (C=O) groups is 2. The topological polar surface area (TPSA) is 84.2 Å². The van der Waals surface area contributed by atoms with Gasteiger partial charge in [0.25, 0.3) is 5.91 Å². The minimum Gasteiger partial charge on any atom is -0.481 e. The Labute approximate surface area is 106 Å². The Bertz CT molecular complexity index is 440. The van der Waals surface area contributed by atoms with E-state index in [0.717, 1.165) is 12.1 Å². The smallest absolute Gasteiger partial charge is 0.305 e. The molecule has 0 aliphatic rings. The summed E-state index contributed by atoms with van der Waals surface area (Å²) in [6.07, 6.45) is 1.41. The first-order valence-electron chi connectivity index (χ1n) is 5.97. The molecule has 0 aliphatic heterocycles. The third-order valence-corrected chi connectivity index (χ3v) is 2.63. The molecule has 1 aromatic rings. The highest BCUT2D eigenvalue weighted by Gasteiger charge is 2.18. The summed E-state index contributed by atoms with van der Waals surface area (Å²) in [4.78, 5) is 22.7. The number of carboxylic acids is 1. The summed E-state index contributed by atoms with van der Waals surface area (Å²) in [6.45, 7) is 3.76. The molecule has 1 heterocycles. The van der Waals surface area contributed by atoms with Crippen LogP contribution in [-0.4, -0.2) is 32.8 Å². The van der Waals surface area contributed by atoms with Gasteiger partial charge < -0.3 is 10.4 Å². The highest BCUT2D eigenvalue weighted by atomic mass is 16.4. The van der Waals surface area contributed by atoms with Gasteiger partial charge in [0, 0.05) is 13.1 Å². The van der Waals surface area contributed by atoms with Gasteiger partial charge in [0.2, 0.25) is 0 Å². The van der Waals surface area contributed by atoms with Gasteiger partial charge in [-0.05, 0) is 19.4 Å². The molecule has 100 valence electrons. The number of amides is 1. The molecule has 2 N–H and O–H groups in total. The van der Waals surface area contributed by atoms with E-state index < -0.39 is 5.97 Å². The molecule has 18 heavy (non-hydrogen) atoms. The standard InChI is InChI=1S/C12H19N3O3/c1-4-5-9(7-11(16)17)13-12(18)10-6-8(2)14-15(10)3/h6,9H,4-5,7H2,1-3H3,(H,13,18)(H,16,17). The lowest BCUT2D eigenvalue weighted by Crippen LogP contribution is -2.37. The molecule has 0 bridgehead atoms. The van der Waals surface area contributed by atoms with Crippen LogP contribution in [-0.2, 0) is 11.8 Å². The van der Waals surface area contributed by atoms with Crippen LogP contribution in [0, 0.1) is 6.92 Å². The van der Waals surface area contributed by atoms with Crippen LogP contribution in [0.4, 0.5) is 0 Å². The molecule has 0 fully saturated rings. The van der Waals surface area contributed by atoms with E-state index >= 15 is 0 Å². The maximum absolute atomic E-state index is 12.0. The van der Waals surface area contributed by atoms with E-state index in [-0.39, 0.29) is 18.4 Å². The molecule has 0 saturated carbocycles. The molecular weight excluding hydrogens is 234 g/mol. The predicted molar refractivity (Wildman–Crippen MR) is 66.4 cm³/mol. The van der Waals surface area contributed by atoms with Crippen molar-refractivity contribution in [3.05, 3.63) is 17.5 Å². The second-order valence-electron chi connectivity index (χ2n) is 4.35. The summed E-state index contributed by atoms with van der Waals surface area (Å²) in [7, 11) is 1.69. The van der Waals surface area contributed by atoms with Crippen molar-refractivity contribution >= 4 is 11.9 Å². The van der Waals surface area contributed by atoms with Crippen LogP contribution in [0.25, 0.3) is 0 Å². The van der Waals surface area contributed by atoms with Crippen molar-refractivity contribution in [2.75, 3.05) is 0 Å². The number of hydrogen-bond donors (Lipinski definition) is 2. The number of carbonyl (C=O) groups excluding carboxylic acids is 1. The molecule has 0 aromatic carbocycles. The number of nitrogens with one attached hydrogen (secondary N) is 1. The summed E-state index contributed by atoms with van der Waals surface area (Å²) >= 11 is 0. The fraction of sp³-hybridized carbons (Fsp3) is 0.583. The Balaban J connectivity index is 2.71. The van der Waals surface area contributed by atoms with Crippen molar-refractivity contribution in [3.8, 4) is 0 Å². The van der Waals surface area contributed by atoms with Gasteiger partial charge in [-0.25, -0.2) is 0 Å². The quantitative estimate of drug-likeness (QED) is 0.795. The van der Waals surface area contributed by atoms with Gasteiger partial charge in [-0.3, -0.25) is 14.3 Å². The second kappa shape index (κ2) is 6.18. The van der Waals surface area contributed by atoms with Crippen LogP contribution in [0.1, 0.15) is 42.4 Å². The molecule has 0 spiro atoms. The lowest BCUT2D eigenvalue weighted by Gasteiger charge is -2.15. The fourth-order valence-corrected chi connectivity index (χ4v) is 1.87. The van der Waals surface area contributed by atoms with Gasteiger partial charge in [-0.2, -0.15) is 5.10 Å². The van der Waals surface area contributed by atoms with Gasteiger partial charge in [-0.15, -0.1) is 0 Å². The summed E-state index contributed by atoms with van der Waals surface area (Å²) in [5, 5.41) is 15.6. The Morgan fingerprint density at radius 2 is 2.22 bits per heavy atom. The lowest BCUT2D eigenvalue weighted by atomic mass is 10.1. The van der Waals surface area contributed by atoms with Gasteiger partial charge in [-0.1, -0.05) is 13.3 Å². The molecule has 0 saturated heterocycles. The number of aryl methyl sites for hydroxylation is 2. The SMILES string of the molecule is CCCC(CC(=O)O)NC(=O)c1cc(C)nn1C. The molecule has 6 nitrogen and oxygen atoms in total. The van der Waals surface area contributed by atoms with Gasteiger partial charge in [0.15, 0.2) is 0 Å². The van der Waals surface area contributed by atoms with Crippen molar-refractivity contribution < 1.29 is 14.7 Å². The van der Waals surface area contributed by atoms with Crippen LogP contribution in [0.2, 0.25) is 0 Å². The minimum absolute atomic E-state index is 0.0591. The molecule has 1 rings (SSSR count). The fourth-order valence-electron chi connectivity index (χ4n) is 1.87. The van der Waals surface area contributed by atoms with E-state index in [1.54, 1.807) is 20.0 Å². The van der Waals surface area contributed by atoms with Crippen molar-refractivity contribution in [2.24, 2.45) is 7.05 Å². The zero-order valence-electron chi connectivity index (χ0n) is 10.9. The third-order valence-electron chi connectivity index (χ3n) is 2.63. The zero-order chi connectivity index (χ0) is 13.7. The highest BCUT2D eigenvalue weighted by molar-refractivity contribution is 5.93. The van der Waals surface area contributed by atoms with E-state index in [1.165, 1.54) is 4.68 Å². The maximum Gasteiger partial charge on any atom is 0.305 e. The summed E-state index contributed by atoms with van der Waals surface area (Å²) < 4.78 is 1.49. The van der Waals surface area contributed by atoms with Crippen LogP contribution in [0.5, 0.6) is 0 Å². The summed E-state index contributed by atoms with van der Waals surface area (Å²) in [5.74, 6) is -1.19. The number of aromatic nitrogens is 2. The van der Waals surface area contributed by atoms with Crippen LogP contribution in [0.3, 0.4) is 0 Å². The van der Waals surface area contributed by atoms with E-state index in [4.69, 9.17) is 5.11 Å². The van der Waals surface area contributed by atoms with E-state index in [9.17, 15) is 9.59 Å². The number of nitrogens with zero attached hydrogens (tertiary/aromatic N) is 2. The summed E-state index contributed by atoms with van der Waals surface area (Å²) in [6, 6.07) is 1.34. The van der Waals surface area contributed by atoms with E-state index in [1.807, 2.05) is 6.92 Å². The van der Waals surface area contributed by atoms with Gasteiger partial charge in [0.1, 0.15) is 5.69 Å². The van der Waals surface area contributed by atoms with Crippen LogP contribution in [0.15, 0.2) is 6.07 Å². The lowest BCUT2D eigenvalue weighted by molar-refractivity contribution is -0.137.